The summed E-state index contributed by atoms with van der Waals surface area (Å²) >= 11 is 0. The average Bonchev–Trinajstić information content (AvgIpc) is 2.47. The SMILES string of the molecule is CCCOc1ccccc1C(N)c1cc(F)ccc1C. The first-order valence-corrected chi connectivity index (χ1v) is 6.86. The molecule has 0 bridgehead atoms. The van der Waals surface area contributed by atoms with Crippen molar-refractivity contribution >= 4 is 0 Å². The van der Waals surface area contributed by atoms with Crippen LogP contribution in [0.5, 0.6) is 5.75 Å². The van der Waals surface area contributed by atoms with Crippen molar-refractivity contribution in [2.45, 2.75) is 26.3 Å². The minimum atomic E-state index is -0.390. The Bertz CT molecular complexity index is 583. The fourth-order valence-electron chi connectivity index (χ4n) is 2.19. The molecule has 0 aliphatic heterocycles. The summed E-state index contributed by atoms with van der Waals surface area (Å²) in [5.74, 6) is 0.499. The van der Waals surface area contributed by atoms with Crippen molar-refractivity contribution in [3.63, 3.8) is 0 Å². The number of ether oxygens (including phenoxy) is 1. The molecule has 0 spiro atoms. The van der Waals surface area contributed by atoms with Gasteiger partial charge >= 0.3 is 0 Å². The van der Waals surface area contributed by atoms with Crippen LogP contribution in [0.15, 0.2) is 42.5 Å². The largest absolute Gasteiger partial charge is 0.493 e. The lowest BCUT2D eigenvalue weighted by atomic mass is 9.95. The number of rotatable bonds is 5. The van der Waals surface area contributed by atoms with Crippen molar-refractivity contribution in [3.8, 4) is 5.75 Å². The molecule has 2 rings (SSSR count). The second kappa shape index (κ2) is 6.53. The zero-order valence-electron chi connectivity index (χ0n) is 11.9. The molecule has 0 amide bonds. The van der Waals surface area contributed by atoms with Gasteiger partial charge in [-0.3, -0.25) is 0 Å². The van der Waals surface area contributed by atoms with Crippen LogP contribution in [-0.2, 0) is 0 Å². The molecule has 1 atom stereocenters. The summed E-state index contributed by atoms with van der Waals surface area (Å²) in [6.45, 7) is 4.63. The molecule has 0 radical (unpaired) electrons. The second-order valence-electron chi connectivity index (χ2n) is 4.86. The van der Waals surface area contributed by atoms with Gasteiger partial charge in [-0.2, -0.15) is 0 Å². The maximum absolute atomic E-state index is 13.4. The molecule has 3 heteroatoms. The van der Waals surface area contributed by atoms with Crippen molar-refractivity contribution < 1.29 is 9.13 Å². The van der Waals surface area contributed by atoms with Gasteiger partial charge in [-0.1, -0.05) is 31.2 Å². The highest BCUT2D eigenvalue weighted by molar-refractivity contribution is 5.43. The van der Waals surface area contributed by atoms with E-state index in [4.69, 9.17) is 10.5 Å². The summed E-state index contributed by atoms with van der Waals surface area (Å²) < 4.78 is 19.2. The average molecular weight is 273 g/mol. The molecular weight excluding hydrogens is 253 g/mol. The van der Waals surface area contributed by atoms with Gasteiger partial charge in [0.1, 0.15) is 11.6 Å². The van der Waals surface area contributed by atoms with Gasteiger partial charge in [0.05, 0.1) is 12.6 Å². The van der Waals surface area contributed by atoms with E-state index >= 15 is 0 Å². The van der Waals surface area contributed by atoms with Crippen LogP contribution in [0.1, 0.15) is 36.1 Å². The Labute approximate surface area is 119 Å². The van der Waals surface area contributed by atoms with E-state index in [-0.39, 0.29) is 5.82 Å². The molecule has 0 saturated carbocycles. The van der Waals surface area contributed by atoms with Crippen molar-refractivity contribution in [2.75, 3.05) is 6.61 Å². The summed E-state index contributed by atoms with van der Waals surface area (Å²) in [5.41, 5.74) is 8.96. The van der Waals surface area contributed by atoms with Crippen LogP contribution in [0.25, 0.3) is 0 Å². The number of aryl methyl sites for hydroxylation is 1. The zero-order valence-corrected chi connectivity index (χ0v) is 11.9. The van der Waals surface area contributed by atoms with Crippen molar-refractivity contribution in [1.29, 1.82) is 0 Å². The number of hydrogen-bond acceptors (Lipinski definition) is 2. The molecule has 2 aromatic rings. The second-order valence-corrected chi connectivity index (χ2v) is 4.86. The molecule has 0 saturated heterocycles. The predicted octanol–water partition coefficient (Wildman–Crippen LogP) is 3.97. The standard InChI is InChI=1S/C17H20FNO/c1-3-10-20-16-7-5-4-6-14(16)17(19)15-11-13(18)9-8-12(15)2/h4-9,11,17H,3,10,19H2,1-2H3. The maximum Gasteiger partial charge on any atom is 0.124 e. The van der Waals surface area contributed by atoms with Crippen LogP contribution in [0.2, 0.25) is 0 Å². The minimum absolute atomic E-state index is 0.270. The molecule has 0 heterocycles. The Morgan fingerprint density at radius 1 is 1.15 bits per heavy atom. The third kappa shape index (κ3) is 3.17. The lowest BCUT2D eigenvalue weighted by Crippen LogP contribution is -2.15. The minimum Gasteiger partial charge on any atom is -0.493 e. The first kappa shape index (κ1) is 14.5. The Balaban J connectivity index is 2.37. The summed E-state index contributed by atoms with van der Waals surface area (Å²) in [5, 5.41) is 0. The van der Waals surface area contributed by atoms with Gasteiger partial charge in [0, 0.05) is 5.56 Å². The summed E-state index contributed by atoms with van der Waals surface area (Å²) in [6.07, 6.45) is 0.933. The third-order valence-electron chi connectivity index (χ3n) is 3.29. The highest BCUT2D eigenvalue weighted by Gasteiger charge is 2.16. The molecule has 2 aromatic carbocycles. The zero-order chi connectivity index (χ0) is 14.5. The van der Waals surface area contributed by atoms with Gasteiger partial charge in [-0.05, 0) is 42.7 Å². The quantitative estimate of drug-likeness (QED) is 0.894. The number of hydrogen-bond donors (Lipinski definition) is 1. The van der Waals surface area contributed by atoms with E-state index < -0.39 is 6.04 Å². The van der Waals surface area contributed by atoms with Gasteiger partial charge < -0.3 is 10.5 Å². The molecule has 0 fully saturated rings. The number of halogens is 1. The van der Waals surface area contributed by atoms with Crippen LogP contribution in [0, 0.1) is 12.7 Å². The van der Waals surface area contributed by atoms with Gasteiger partial charge in [-0.15, -0.1) is 0 Å². The lowest BCUT2D eigenvalue weighted by Gasteiger charge is -2.19. The molecule has 0 aromatic heterocycles. The van der Waals surface area contributed by atoms with Crippen LogP contribution in [0.4, 0.5) is 4.39 Å². The summed E-state index contributed by atoms with van der Waals surface area (Å²) in [4.78, 5) is 0. The summed E-state index contributed by atoms with van der Waals surface area (Å²) in [7, 11) is 0. The topological polar surface area (TPSA) is 35.2 Å². The van der Waals surface area contributed by atoms with E-state index in [2.05, 4.69) is 6.92 Å². The van der Waals surface area contributed by atoms with E-state index in [9.17, 15) is 4.39 Å². The van der Waals surface area contributed by atoms with E-state index in [0.29, 0.717) is 6.61 Å². The van der Waals surface area contributed by atoms with Gasteiger partial charge in [0.15, 0.2) is 0 Å². The van der Waals surface area contributed by atoms with Gasteiger partial charge in [0.25, 0.3) is 0 Å². The molecular formula is C17H20FNO. The lowest BCUT2D eigenvalue weighted by molar-refractivity contribution is 0.313. The highest BCUT2D eigenvalue weighted by atomic mass is 19.1. The number of benzene rings is 2. The highest BCUT2D eigenvalue weighted by Crippen LogP contribution is 2.30. The maximum atomic E-state index is 13.4. The smallest absolute Gasteiger partial charge is 0.124 e. The van der Waals surface area contributed by atoms with Crippen molar-refractivity contribution in [1.82, 2.24) is 0 Å². The number of para-hydroxylation sites is 1. The fourth-order valence-corrected chi connectivity index (χ4v) is 2.19. The Morgan fingerprint density at radius 3 is 2.65 bits per heavy atom. The number of nitrogens with two attached hydrogens (primary N) is 1. The fraction of sp³-hybridized carbons (Fsp3) is 0.294. The van der Waals surface area contributed by atoms with Crippen LogP contribution in [-0.4, -0.2) is 6.61 Å². The van der Waals surface area contributed by atoms with Crippen molar-refractivity contribution in [2.24, 2.45) is 5.73 Å². The van der Waals surface area contributed by atoms with Crippen LogP contribution in [0.3, 0.4) is 0 Å². The Morgan fingerprint density at radius 2 is 1.90 bits per heavy atom. The van der Waals surface area contributed by atoms with Crippen LogP contribution < -0.4 is 10.5 Å². The first-order chi connectivity index (χ1) is 9.63. The first-order valence-electron chi connectivity index (χ1n) is 6.86. The molecule has 0 aliphatic rings. The molecule has 1 unspecified atom stereocenters. The normalized spacial score (nSPS) is 12.2. The molecule has 2 N–H and O–H groups in total. The van der Waals surface area contributed by atoms with E-state index in [1.54, 1.807) is 6.07 Å². The predicted molar refractivity (Wildman–Crippen MR) is 79.4 cm³/mol. The van der Waals surface area contributed by atoms with Gasteiger partial charge in [0.2, 0.25) is 0 Å². The molecule has 106 valence electrons. The third-order valence-corrected chi connectivity index (χ3v) is 3.29. The van der Waals surface area contributed by atoms with E-state index in [1.165, 1.54) is 12.1 Å². The molecule has 2 nitrogen and oxygen atoms in total. The van der Waals surface area contributed by atoms with Crippen LogP contribution >= 0.6 is 0 Å². The monoisotopic (exact) mass is 273 g/mol. The Kier molecular flexibility index (Phi) is 4.74. The van der Waals surface area contributed by atoms with Gasteiger partial charge in [-0.25, -0.2) is 4.39 Å². The molecule has 0 aliphatic carbocycles. The van der Waals surface area contributed by atoms with E-state index in [1.807, 2.05) is 31.2 Å². The summed E-state index contributed by atoms with van der Waals surface area (Å²) in [6, 6.07) is 12.0. The Hall–Kier alpha value is -1.87. The van der Waals surface area contributed by atoms with E-state index in [0.717, 1.165) is 28.9 Å². The molecule has 20 heavy (non-hydrogen) atoms. The van der Waals surface area contributed by atoms with Crippen molar-refractivity contribution in [3.05, 3.63) is 65.0 Å².